The Labute approximate surface area is 80.2 Å². The highest BCUT2D eigenvalue weighted by atomic mass is 14.9. The molecule has 0 saturated heterocycles. The van der Waals surface area contributed by atoms with Crippen LogP contribution < -0.4 is 5.32 Å². The molecule has 1 atom stereocenters. The van der Waals surface area contributed by atoms with Crippen LogP contribution >= 0.6 is 0 Å². The molecule has 1 nitrogen and oxygen atoms in total. The summed E-state index contributed by atoms with van der Waals surface area (Å²) < 4.78 is 0. The van der Waals surface area contributed by atoms with E-state index in [-0.39, 0.29) is 0 Å². The second-order valence-electron chi connectivity index (χ2n) is 4.17. The van der Waals surface area contributed by atoms with Crippen molar-refractivity contribution >= 4 is 0 Å². The number of quaternary nitrogens is 1. The zero-order chi connectivity index (χ0) is 9.26. The highest BCUT2D eigenvalue weighted by Crippen LogP contribution is 2.21. The van der Waals surface area contributed by atoms with E-state index < -0.39 is 0 Å². The van der Waals surface area contributed by atoms with E-state index in [9.17, 15) is 0 Å². The van der Waals surface area contributed by atoms with Crippen LogP contribution in [0.5, 0.6) is 0 Å². The minimum absolute atomic E-state index is 0.720. The van der Waals surface area contributed by atoms with Gasteiger partial charge in [-0.3, -0.25) is 0 Å². The number of benzene rings is 1. The van der Waals surface area contributed by atoms with Gasteiger partial charge < -0.3 is 5.32 Å². The first-order valence-electron chi connectivity index (χ1n) is 5.18. The van der Waals surface area contributed by atoms with Gasteiger partial charge in [0.25, 0.3) is 0 Å². The predicted molar refractivity (Wildman–Crippen MR) is 55.0 cm³/mol. The molecule has 1 aliphatic rings. The number of nitrogens with two attached hydrogens (primary N) is 1. The van der Waals surface area contributed by atoms with Gasteiger partial charge in [0.05, 0.1) is 13.1 Å². The lowest BCUT2D eigenvalue weighted by atomic mass is 9.94. The average Bonchev–Trinajstić information content (AvgIpc) is 2.29. The van der Waals surface area contributed by atoms with Gasteiger partial charge in [0, 0.05) is 12.3 Å². The topological polar surface area (TPSA) is 16.6 Å². The largest absolute Gasteiger partial charge is 0.345 e. The molecule has 13 heavy (non-hydrogen) atoms. The molecule has 70 valence electrons. The lowest BCUT2D eigenvalue weighted by molar-refractivity contribution is -0.655. The molecular weight excluding hydrogens is 158 g/mol. The molecule has 0 saturated carbocycles. The first-order chi connectivity index (χ1) is 6.27. The van der Waals surface area contributed by atoms with Crippen molar-refractivity contribution in [1.29, 1.82) is 0 Å². The minimum Gasteiger partial charge on any atom is -0.345 e. The Morgan fingerprint density at radius 2 is 2.23 bits per heavy atom. The molecule has 0 radical (unpaired) electrons. The Hall–Kier alpha value is -0.820. The van der Waals surface area contributed by atoms with Crippen LogP contribution in [0.4, 0.5) is 0 Å². The molecule has 0 aliphatic carbocycles. The van der Waals surface area contributed by atoms with Crippen LogP contribution in [0.2, 0.25) is 0 Å². The second-order valence-corrected chi connectivity index (χ2v) is 4.17. The van der Waals surface area contributed by atoms with Gasteiger partial charge >= 0.3 is 0 Å². The third-order valence-corrected chi connectivity index (χ3v) is 2.97. The summed E-state index contributed by atoms with van der Waals surface area (Å²) in [4.78, 5) is 0. The van der Waals surface area contributed by atoms with Crippen molar-refractivity contribution in [2.45, 2.75) is 26.2 Å². The van der Waals surface area contributed by atoms with Crippen LogP contribution in [-0.4, -0.2) is 13.1 Å². The third kappa shape index (κ3) is 1.75. The van der Waals surface area contributed by atoms with E-state index in [0.717, 1.165) is 5.92 Å². The summed E-state index contributed by atoms with van der Waals surface area (Å²) >= 11 is 0. The molecule has 0 amide bonds. The Bertz CT molecular complexity index is 304. The number of hydrogen-bond donors (Lipinski definition) is 1. The number of aryl methyl sites for hydroxylation is 1. The van der Waals surface area contributed by atoms with Crippen LogP contribution in [0.3, 0.4) is 0 Å². The van der Waals surface area contributed by atoms with E-state index in [1.54, 1.807) is 11.1 Å². The SMILES string of the molecule is Cc1ccc2c(c1)C(C)C[NH2+]CC2. The Morgan fingerprint density at radius 1 is 1.38 bits per heavy atom. The number of rotatable bonds is 0. The number of hydrogen-bond acceptors (Lipinski definition) is 0. The summed E-state index contributed by atoms with van der Waals surface area (Å²) in [6.45, 7) is 7.01. The fourth-order valence-corrected chi connectivity index (χ4v) is 2.15. The monoisotopic (exact) mass is 176 g/mol. The maximum atomic E-state index is 2.43. The fraction of sp³-hybridized carbons (Fsp3) is 0.500. The van der Waals surface area contributed by atoms with Crippen LogP contribution in [0, 0.1) is 6.92 Å². The summed E-state index contributed by atoms with van der Waals surface area (Å²) in [7, 11) is 0. The molecule has 0 aromatic heterocycles. The molecule has 1 aromatic rings. The maximum absolute atomic E-state index is 2.43. The standard InChI is InChI=1S/C12H17N/c1-9-3-4-11-5-6-13-8-10(2)12(11)7-9/h3-4,7,10,13H,5-6,8H2,1-2H3/p+1. The average molecular weight is 176 g/mol. The molecule has 1 aromatic carbocycles. The molecule has 0 spiro atoms. The highest BCUT2D eigenvalue weighted by molar-refractivity contribution is 5.34. The van der Waals surface area contributed by atoms with E-state index in [1.165, 1.54) is 25.1 Å². The van der Waals surface area contributed by atoms with Gasteiger partial charge in [-0.05, 0) is 18.1 Å². The van der Waals surface area contributed by atoms with Crippen molar-refractivity contribution in [3.05, 3.63) is 34.9 Å². The molecule has 0 bridgehead atoms. The van der Waals surface area contributed by atoms with Crippen LogP contribution in [0.15, 0.2) is 18.2 Å². The summed E-state index contributed by atoms with van der Waals surface area (Å²) in [5.41, 5.74) is 4.54. The van der Waals surface area contributed by atoms with Crippen molar-refractivity contribution in [2.24, 2.45) is 0 Å². The van der Waals surface area contributed by atoms with Gasteiger partial charge in [0.1, 0.15) is 0 Å². The van der Waals surface area contributed by atoms with Crippen LogP contribution in [0.25, 0.3) is 0 Å². The molecule has 0 fully saturated rings. The Kier molecular flexibility index (Phi) is 2.36. The van der Waals surface area contributed by atoms with Crippen molar-refractivity contribution in [3.8, 4) is 0 Å². The van der Waals surface area contributed by atoms with Crippen LogP contribution in [0.1, 0.15) is 29.5 Å². The highest BCUT2D eigenvalue weighted by Gasteiger charge is 2.15. The summed E-state index contributed by atoms with van der Waals surface area (Å²) in [5, 5.41) is 2.43. The molecular formula is C12H18N+. The van der Waals surface area contributed by atoms with Gasteiger partial charge in [-0.25, -0.2) is 0 Å². The summed E-state index contributed by atoms with van der Waals surface area (Å²) in [5.74, 6) is 0.720. The van der Waals surface area contributed by atoms with Crippen molar-refractivity contribution < 1.29 is 5.32 Å². The number of fused-ring (bicyclic) bond motifs is 1. The van der Waals surface area contributed by atoms with Gasteiger partial charge in [0.2, 0.25) is 0 Å². The molecule has 2 rings (SSSR count). The zero-order valence-corrected chi connectivity index (χ0v) is 8.51. The van der Waals surface area contributed by atoms with Gasteiger partial charge in [0.15, 0.2) is 0 Å². The molecule has 1 aliphatic heterocycles. The van der Waals surface area contributed by atoms with E-state index in [0.29, 0.717) is 0 Å². The maximum Gasteiger partial charge on any atom is 0.0822 e. The summed E-state index contributed by atoms with van der Waals surface area (Å²) in [6.07, 6.45) is 1.24. The Morgan fingerprint density at radius 3 is 3.08 bits per heavy atom. The van der Waals surface area contributed by atoms with Crippen molar-refractivity contribution in [3.63, 3.8) is 0 Å². The first kappa shape index (κ1) is 8.76. The van der Waals surface area contributed by atoms with Crippen molar-refractivity contribution in [2.75, 3.05) is 13.1 Å². The fourth-order valence-electron chi connectivity index (χ4n) is 2.15. The lowest BCUT2D eigenvalue weighted by Gasteiger charge is -2.10. The summed E-state index contributed by atoms with van der Waals surface area (Å²) in [6, 6.07) is 6.90. The van der Waals surface area contributed by atoms with Crippen LogP contribution in [-0.2, 0) is 6.42 Å². The normalized spacial score (nSPS) is 22.2. The molecule has 2 N–H and O–H groups in total. The predicted octanol–water partition coefficient (Wildman–Crippen LogP) is 1.22. The lowest BCUT2D eigenvalue weighted by Crippen LogP contribution is -2.85. The van der Waals surface area contributed by atoms with Crippen molar-refractivity contribution in [1.82, 2.24) is 0 Å². The quantitative estimate of drug-likeness (QED) is 0.612. The zero-order valence-electron chi connectivity index (χ0n) is 8.51. The molecule has 1 unspecified atom stereocenters. The van der Waals surface area contributed by atoms with Gasteiger partial charge in [-0.15, -0.1) is 0 Å². The smallest absolute Gasteiger partial charge is 0.0822 e. The Balaban J connectivity index is 2.43. The first-order valence-corrected chi connectivity index (χ1v) is 5.18. The molecule has 1 heteroatoms. The second kappa shape index (κ2) is 3.51. The van der Waals surface area contributed by atoms with E-state index >= 15 is 0 Å². The van der Waals surface area contributed by atoms with Gasteiger partial charge in [-0.2, -0.15) is 0 Å². The molecule has 1 heterocycles. The van der Waals surface area contributed by atoms with Gasteiger partial charge in [-0.1, -0.05) is 30.7 Å². The minimum atomic E-state index is 0.720. The van der Waals surface area contributed by atoms with E-state index in [4.69, 9.17) is 0 Å². The van der Waals surface area contributed by atoms with E-state index in [1.807, 2.05) is 0 Å². The van der Waals surface area contributed by atoms with E-state index in [2.05, 4.69) is 37.4 Å². The third-order valence-electron chi connectivity index (χ3n) is 2.97.